The molecule has 0 amide bonds. The van der Waals surface area contributed by atoms with Crippen molar-refractivity contribution in [1.29, 1.82) is 0 Å². The number of ether oxygens (including phenoxy) is 2. The first kappa shape index (κ1) is 20.2. The Hall–Kier alpha value is -3.68. The average Bonchev–Trinajstić information content (AvgIpc) is 2.80. The van der Waals surface area contributed by atoms with Gasteiger partial charge in [-0.25, -0.2) is 4.98 Å². The quantitative estimate of drug-likeness (QED) is 0.460. The molecule has 8 nitrogen and oxygen atoms in total. The first-order valence-electron chi connectivity index (χ1n) is 10.7. The van der Waals surface area contributed by atoms with Gasteiger partial charge in [0.25, 0.3) is 5.56 Å². The first-order chi connectivity index (χ1) is 15.6. The smallest absolute Gasteiger partial charge is 0.320 e. The van der Waals surface area contributed by atoms with E-state index in [0.29, 0.717) is 30.1 Å². The number of hydrogen-bond acceptors (Lipinski definition) is 7. The Balaban J connectivity index is 1.70. The molecule has 2 aromatic heterocycles. The summed E-state index contributed by atoms with van der Waals surface area (Å²) >= 11 is 0. The molecule has 1 aromatic carbocycles. The molecule has 2 aliphatic rings. The lowest BCUT2D eigenvalue weighted by Crippen LogP contribution is -2.52. The van der Waals surface area contributed by atoms with Gasteiger partial charge < -0.3 is 14.4 Å². The number of cyclic esters (lactones) is 1. The van der Waals surface area contributed by atoms with Crippen LogP contribution >= 0.6 is 0 Å². The summed E-state index contributed by atoms with van der Waals surface area (Å²) in [5, 5.41) is 0. The second-order valence-corrected chi connectivity index (χ2v) is 8.09. The number of anilines is 1. The largest absolute Gasteiger partial charge is 0.465 e. The highest BCUT2D eigenvalue weighted by Gasteiger charge is 2.51. The fourth-order valence-corrected chi connectivity index (χ4v) is 4.78. The molecule has 3 aromatic rings. The Morgan fingerprint density at radius 2 is 1.94 bits per heavy atom. The minimum Gasteiger partial charge on any atom is -0.465 e. The molecule has 32 heavy (non-hydrogen) atoms. The van der Waals surface area contributed by atoms with Gasteiger partial charge in [0.1, 0.15) is 11.5 Å². The molecule has 0 bridgehead atoms. The Kier molecular flexibility index (Phi) is 5.13. The second kappa shape index (κ2) is 8.11. The molecule has 0 unspecified atom stereocenters. The lowest BCUT2D eigenvalue weighted by Gasteiger charge is -2.43. The monoisotopic (exact) mass is 433 g/mol. The summed E-state index contributed by atoms with van der Waals surface area (Å²) in [6.07, 6.45) is 1.65. The van der Waals surface area contributed by atoms with Crippen molar-refractivity contribution < 1.29 is 19.1 Å². The van der Waals surface area contributed by atoms with Gasteiger partial charge in [0.2, 0.25) is 0 Å². The van der Waals surface area contributed by atoms with E-state index in [9.17, 15) is 14.4 Å². The molecule has 0 aliphatic carbocycles. The number of aromatic nitrogens is 2. The number of hydrogen-bond donors (Lipinski definition) is 0. The van der Waals surface area contributed by atoms with Gasteiger partial charge in [-0.05, 0) is 24.6 Å². The number of nitrogens with zero attached hydrogens (tertiary/aromatic N) is 3. The van der Waals surface area contributed by atoms with Crippen LogP contribution in [0.15, 0.2) is 59.5 Å². The van der Waals surface area contributed by atoms with E-state index in [2.05, 4.69) is 0 Å². The summed E-state index contributed by atoms with van der Waals surface area (Å²) < 4.78 is 12.0. The summed E-state index contributed by atoms with van der Waals surface area (Å²) in [5.41, 5.74) is 1.68. The van der Waals surface area contributed by atoms with E-state index in [1.807, 2.05) is 41.3 Å². The maximum atomic E-state index is 13.7. The van der Waals surface area contributed by atoms with Gasteiger partial charge >= 0.3 is 11.9 Å². The Morgan fingerprint density at radius 3 is 2.72 bits per heavy atom. The van der Waals surface area contributed by atoms with E-state index < -0.39 is 23.8 Å². The van der Waals surface area contributed by atoms with Crippen LogP contribution < -0.4 is 10.5 Å². The third-order valence-electron chi connectivity index (χ3n) is 6.15. The summed E-state index contributed by atoms with van der Waals surface area (Å²) in [5.74, 6) is -2.85. The number of pyridine rings is 1. The number of benzene rings is 1. The zero-order valence-electron chi connectivity index (χ0n) is 17.6. The SMILES string of the molecule is CCOC(=O)[C@@H]1C(=O)OC[C@H]2CN(Cc3ccccc3)c3nc4ccccn4c(=O)c3[C@@H]21. The third-order valence-corrected chi connectivity index (χ3v) is 6.15. The zero-order chi connectivity index (χ0) is 22.2. The minimum absolute atomic E-state index is 0.140. The van der Waals surface area contributed by atoms with E-state index in [-0.39, 0.29) is 24.7 Å². The number of rotatable bonds is 4. The van der Waals surface area contributed by atoms with Crippen LogP contribution in [0.5, 0.6) is 0 Å². The van der Waals surface area contributed by atoms with E-state index in [0.717, 1.165) is 5.56 Å². The number of carbonyl (C=O) groups is 2. The molecule has 1 fully saturated rings. The normalized spacial score (nSPS) is 22.1. The van der Waals surface area contributed by atoms with Gasteiger partial charge in [0.05, 0.1) is 18.8 Å². The lowest BCUT2D eigenvalue weighted by atomic mass is 9.73. The van der Waals surface area contributed by atoms with Crippen LogP contribution in [-0.4, -0.2) is 41.1 Å². The highest BCUT2D eigenvalue weighted by molar-refractivity contribution is 5.97. The Morgan fingerprint density at radius 1 is 1.16 bits per heavy atom. The predicted molar refractivity (Wildman–Crippen MR) is 116 cm³/mol. The van der Waals surface area contributed by atoms with Crippen molar-refractivity contribution in [2.24, 2.45) is 11.8 Å². The molecule has 3 atom stereocenters. The zero-order valence-corrected chi connectivity index (χ0v) is 17.6. The fraction of sp³-hybridized carbons (Fsp3) is 0.333. The van der Waals surface area contributed by atoms with E-state index >= 15 is 0 Å². The van der Waals surface area contributed by atoms with Crippen molar-refractivity contribution in [3.05, 3.63) is 76.2 Å². The van der Waals surface area contributed by atoms with Crippen molar-refractivity contribution in [1.82, 2.24) is 9.38 Å². The molecule has 0 radical (unpaired) electrons. The summed E-state index contributed by atoms with van der Waals surface area (Å²) in [7, 11) is 0. The van der Waals surface area contributed by atoms with Gasteiger partial charge in [-0.2, -0.15) is 0 Å². The third kappa shape index (κ3) is 3.32. The van der Waals surface area contributed by atoms with E-state index in [4.69, 9.17) is 14.5 Å². The van der Waals surface area contributed by atoms with Crippen molar-refractivity contribution in [3.8, 4) is 0 Å². The maximum Gasteiger partial charge on any atom is 0.320 e. The molecule has 2 aliphatic heterocycles. The fourth-order valence-electron chi connectivity index (χ4n) is 4.78. The van der Waals surface area contributed by atoms with Crippen LogP contribution in [0.1, 0.15) is 24.0 Å². The van der Waals surface area contributed by atoms with Crippen LogP contribution in [0.3, 0.4) is 0 Å². The number of fused-ring (bicyclic) bond motifs is 4. The minimum atomic E-state index is -1.18. The molecule has 0 N–H and O–H groups in total. The van der Waals surface area contributed by atoms with Gasteiger partial charge in [0.15, 0.2) is 5.92 Å². The van der Waals surface area contributed by atoms with Crippen LogP contribution in [-0.2, 0) is 25.6 Å². The summed E-state index contributed by atoms with van der Waals surface area (Å²) in [6.45, 7) is 3.02. The molecule has 4 heterocycles. The molecule has 5 rings (SSSR count). The second-order valence-electron chi connectivity index (χ2n) is 8.09. The topological polar surface area (TPSA) is 90.2 Å². The Labute approximate surface area is 184 Å². The van der Waals surface area contributed by atoms with Crippen molar-refractivity contribution in [2.45, 2.75) is 19.4 Å². The van der Waals surface area contributed by atoms with Gasteiger partial charge in [-0.3, -0.25) is 18.8 Å². The van der Waals surface area contributed by atoms with Crippen LogP contribution in [0, 0.1) is 11.8 Å². The standard InChI is InChI=1S/C24H23N3O5/c1-2-31-23(29)20-18-16(14-32-24(20)30)13-26(12-15-8-4-3-5-9-15)21-19(18)22(28)27-11-7-6-10-17(27)25-21/h3-11,16,18,20H,2,12-14H2,1H3/t16-,18-,20-/m1/s1. The number of esters is 2. The van der Waals surface area contributed by atoms with Crippen molar-refractivity contribution in [3.63, 3.8) is 0 Å². The highest BCUT2D eigenvalue weighted by Crippen LogP contribution is 2.44. The summed E-state index contributed by atoms with van der Waals surface area (Å²) in [4.78, 5) is 45.9. The molecule has 164 valence electrons. The van der Waals surface area contributed by atoms with Crippen molar-refractivity contribution >= 4 is 23.4 Å². The lowest BCUT2D eigenvalue weighted by molar-refractivity contribution is -0.170. The van der Waals surface area contributed by atoms with Crippen LogP contribution in [0.4, 0.5) is 5.82 Å². The molecule has 1 saturated heterocycles. The van der Waals surface area contributed by atoms with Gasteiger partial charge in [-0.15, -0.1) is 0 Å². The first-order valence-corrected chi connectivity index (χ1v) is 10.7. The number of carbonyl (C=O) groups excluding carboxylic acids is 2. The van der Waals surface area contributed by atoms with Crippen LogP contribution in [0.2, 0.25) is 0 Å². The van der Waals surface area contributed by atoms with Crippen molar-refractivity contribution in [2.75, 3.05) is 24.7 Å². The van der Waals surface area contributed by atoms with Crippen LogP contribution in [0.25, 0.3) is 5.65 Å². The van der Waals surface area contributed by atoms with E-state index in [1.54, 1.807) is 25.3 Å². The molecular weight excluding hydrogens is 410 g/mol. The predicted octanol–water partition coefficient (Wildman–Crippen LogP) is 2.15. The van der Waals surface area contributed by atoms with E-state index in [1.165, 1.54) is 4.40 Å². The average molecular weight is 433 g/mol. The summed E-state index contributed by atoms with van der Waals surface area (Å²) in [6, 6.07) is 15.3. The maximum absolute atomic E-state index is 13.7. The Bertz CT molecular complexity index is 1240. The van der Waals surface area contributed by atoms with Gasteiger partial charge in [-0.1, -0.05) is 36.4 Å². The molecule has 0 spiro atoms. The molecule has 0 saturated carbocycles. The van der Waals surface area contributed by atoms with Gasteiger partial charge in [0, 0.05) is 31.1 Å². The highest BCUT2D eigenvalue weighted by atomic mass is 16.6. The molecule has 8 heteroatoms. The molecular formula is C24H23N3O5.